The fourth-order valence-corrected chi connectivity index (χ4v) is 6.73. The van der Waals surface area contributed by atoms with Crippen LogP contribution in [-0.4, -0.2) is 54.0 Å². The van der Waals surface area contributed by atoms with Crippen molar-refractivity contribution < 1.29 is 22.8 Å². The zero-order valence-electron chi connectivity index (χ0n) is 23.4. The normalized spacial score (nSPS) is 15.1. The second-order valence-electron chi connectivity index (χ2n) is 10.3. The number of nitrogens with zero attached hydrogens (tertiary/aromatic N) is 2. The lowest BCUT2D eigenvalue weighted by Gasteiger charge is -2.32. The number of benzene rings is 3. The number of hydrogen-bond donors (Lipinski definition) is 1. The number of carbonyl (C=O) groups is 3. The van der Waals surface area contributed by atoms with Gasteiger partial charge in [0.2, 0.25) is 11.8 Å². The molecule has 3 aromatic carbocycles. The molecular weight excluding hydrogens is 597 g/mol. The molecule has 1 N–H and O–H groups in total. The minimum atomic E-state index is -3.99. The molecule has 0 fully saturated rings. The Morgan fingerprint density at radius 1 is 0.952 bits per heavy atom. The highest BCUT2D eigenvalue weighted by Gasteiger charge is 2.40. The number of rotatable bonds is 12. The molecule has 42 heavy (non-hydrogen) atoms. The molecule has 11 heteroatoms. The molecule has 0 aromatic heterocycles. The summed E-state index contributed by atoms with van der Waals surface area (Å²) < 4.78 is 26.8. The summed E-state index contributed by atoms with van der Waals surface area (Å²) in [6, 6.07) is 19.5. The number of halogens is 2. The van der Waals surface area contributed by atoms with Gasteiger partial charge in [-0.2, -0.15) is 0 Å². The SMILES string of the molecule is CC[C@H](C)NC(=O)[C@H](Cc1ccccc1)N(Cc1ccc(Cl)c(Cl)c1)C(=O)CCCN1C(=O)c2ccccc2S1(=O)=O. The molecule has 0 radical (unpaired) electrons. The fraction of sp³-hybridized carbons (Fsp3) is 0.323. The van der Waals surface area contributed by atoms with E-state index in [0.717, 1.165) is 9.87 Å². The van der Waals surface area contributed by atoms with E-state index in [-0.39, 0.29) is 60.7 Å². The zero-order chi connectivity index (χ0) is 30.4. The van der Waals surface area contributed by atoms with E-state index in [1.54, 1.807) is 30.3 Å². The lowest BCUT2D eigenvalue weighted by atomic mass is 10.0. The maximum Gasteiger partial charge on any atom is 0.269 e. The average Bonchev–Trinajstić information content (AvgIpc) is 3.17. The molecule has 0 spiro atoms. The number of sulfonamides is 1. The maximum atomic E-state index is 13.9. The molecule has 0 aliphatic carbocycles. The van der Waals surface area contributed by atoms with Gasteiger partial charge in [0.25, 0.3) is 15.9 Å². The van der Waals surface area contributed by atoms with Crippen LogP contribution in [0.5, 0.6) is 0 Å². The van der Waals surface area contributed by atoms with Gasteiger partial charge < -0.3 is 10.2 Å². The Bertz CT molecular complexity index is 1570. The summed E-state index contributed by atoms with van der Waals surface area (Å²) in [5, 5.41) is 3.70. The largest absolute Gasteiger partial charge is 0.352 e. The monoisotopic (exact) mass is 629 g/mol. The molecule has 0 saturated heterocycles. The second kappa shape index (κ2) is 13.7. The summed E-state index contributed by atoms with van der Waals surface area (Å²) in [6.07, 6.45) is 0.981. The average molecular weight is 631 g/mol. The molecule has 222 valence electrons. The van der Waals surface area contributed by atoms with E-state index >= 15 is 0 Å². The van der Waals surface area contributed by atoms with Crippen molar-refractivity contribution in [1.29, 1.82) is 0 Å². The predicted octanol–water partition coefficient (Wildman–Crippen LogP) is 5.47. The molecule has 0 bridgehead atoms. The first-order valence-corrected chi connectivity index (χ1v) is 16.0. The van der Waals surface area contributed by atoms with E-state index < -0.39 is 22.0 Å². The summed E-state index contributed by atoms with van der Waals surface area (Å²) in [6.45, 7) is 3.77. The Morgan fingerprint density at radius 2 is 1.64 bits per heavy atom. The number of nitrogens with one attached hydrogen (secondary N) is 1. The van der Waals surface area contributed by atoms with Crippen molar-refractivity contribution in [3.8, 4) is 0 Å². The van der Waals surface area contributed by atoms with Crippen LogP contribution in [0.2, 0.25) is 10.0 Å². The first-order chi connectivity index (χ1) is 20.0. The molecule has 1 aliphatic heterocycles. The van der Waals surface area contributed by atoms with Crippen molar-refractivity contribution in [2.45, 2.75) is 63.1 Å². The molecule has 3 aromatic rings. The zero-order valence-corrected chi connectivity index (χ0v) is 25.8. The van der Waals surface area contributed by atoms with E-state index in [4.69, 9.17) is 23.2 Å². The van der Waals surface area contributed by atoms with Crippen molar-refractivity contribution in [3.05, 3.63) is 99.5 Å². The van der Waals surface area contributed by atoms with Crippen LogP contribution in [0.25, 0.3) is 0 Å². The summed E-state index contributed by atoms with van der Waals surface area (Å²) in [4.78, 5) is 41.8. The summed E-state index contributed by atoms with van der Waals surface area (Å²) in [7, 11) is -3.99. The van der Waals surface area contributed by atoms with Crippen LogP contribution in [0.1, 0.15) is 54.6 Å². The van der Waals surface area contributed by atoms with Gasteiger partial charge in [-0.1, -0.05) is 78.7 Å². The van der Waals surface area contributed by atoms with Gasteiger partial charge in [0.1, 0.15) is 10.9 Å². The Labute approximate surface area is 256 Å². The molecule has 0 saturated carbocycles. The van der Waals surface area contributed by atoms with Crippen LogP contribution in [0.4, 0.5) is 0 Å². The standard InChI is InChI=1S/C31H33Cl2N3O5S/c1-3-21(2)34-30(38)27(19-22-10-5-4-6-11-22)35(20-23-15-16-25(32)26(33)18-23)29(37)14-9-17-36-31(39)24-12-7-8-13-28(24)42(36,40)41/h4-8,10-13,15-16,18,21,27H,3,9,14,17,19-20H2,1-2H3,(H,34,38)/t21-,27-/m0/s1. The van der Waals surface area contributed by atoms with Gasteiger partial charge in [-0.15, -0.1) is 0 Å². The van der Waals surface area contributed by atoms with Crippen LogP contribution >= 0.6 is 23.2 Å². The molecular formula is C31H33Cl2N3O5S. The van der Waals surface area contributed by atoms with Crippen molar-refractivity contribution in [3.63, 3.8) is 0 Å². The third-order valence-corrected chi connectivity index (χ3v) is 9.85. The second-order valence-corrected chi connectivity index (χ2v) is 12.9. The number of amides is 3. The van der Waals surface area contributed by atoms with Crippen LogP contribution in [0, 0.1) is 0 Å². The van der Waals surface area contributed by atoms with Crippen LogP contribution in [0.3, 0.4) is 0 Å². The molecule has 4 rings (SSSR count). The summed E-state index contributed by atoms with van der Waals surface area (Å²) in [5.74, 6) is -1.27. The van der Waals surface area contributed by atoms with Crippen molar-refractivity contribution in [2.24, 2.45) is 0 Å². The van der Waals surface area contributed by atoms with Gasteiger partial charge in [0.05, 0.1) is 15.6 Å². The van der Waals surface area contributed by atoms with Gasteiger partial charge in [0.15, 0.2) is 0 Å². The van der Waals surface area contributed by atoms with E-state index in [9.17, 15) is 22.8 Å². The van der Waals surface area contributed by atoms with E-state index in [2.05, 4.69) is 5.32 Å². The lowest BCUT2D eigenvalue weighted by molar-refractivity contribution is -0.141. The van der Waals surface area contributed by atoms with E-state index in [1.165, 1.54) is 17.0 Å². The molecule has 3 amide bonds. The van der Waals surface area contributed by atoms with Crippen molar-refractivity contribution >= 4 is 50.9 Å². The quantitative estimate of drug-likeness (QED) is 0.286. The number of fused-ring (bicyclic) bond motifs is 1. The predicted molar refractivity (Wildman–Crippen MR) is 163 cm³/mol. The van der Waals surface area contributed by atoms with Crippen molar-refractivity contribution in [2.75, 3.05) is 6.54 Å². The Balaban J connectivity index is 1.59. The van der Waals surface area contributed by atoms with E-state index in [0.29, 0.717) is 22.0 Å². The van der Waals surface area contributed by atoms with Crippen molar-refractivity contribution in [1.82, 2.24) is 14.5 Å². The highest BCUT2D eigenvalue weighted by atomic mass is 35.5. The minimum Gasteiger partial charge on any atom is -0.352 e. The molecule has 1 heterocycles. The summed E-state index contributed by atoms with van der Waals surface area (Å²) in [5.41, 5.74) is 1.68. The van der Waals surface area contributed by atoms with Gasteiger partial charge >= 0.3 is 0 Å². The highest BCUT2D eigenvalue weighted by molar-refractivity contribution is 7.90. The van der Waals surface area contributed by atoms with Gasteiger partial charge in [-0.05, 0) is 55.2 Å². The molecule has 0 unspecified atom stereocenters. The Morgan fingerprint density at radius 3 is 2.31 bits per heavy atom. The Kier molecular flexibility index (Phi) is 10.3. The number of hydrogen-bond acceptors (Lipinski definition) is 5. The van der Waals surface area contributed by atoms with E-state index in [1.807, 2.05) is 44.2 Å². The first-order valence-electron chi connectivity index (χ1n) is 13.8. The number of carbonyl (C=O) groups excluding carboxylic acids is 3. The fourth-order valence-electron chi connectivity index (χ4n) is 4.80. The van der Waals surface area contributed by atoms with Gasteiger partial charge in [-0.3, -0.25) is 14.4 Å². The topological polar surface area (TPSA) is 104 Å². The summed E-state index contributed by atoms with van der Waals surface area (Å²) >= 11 is 12.4. The van der Waals surface area contributed by atoms with Crippen LogP contribution < -0.4 is 5.32 Å². The minimum absolute atomic E-state index is 0.0350. The highest BCUT2D eigenvalue weighted by Crippen LogP contribution is 2.30. The molecule has 8 nitrogen and oxygen atoms in total. The van der Waals surface area contributed by atoms with Gasteiger partial charge in [0, 0.05) is 32.0 Å². The Hall–Kier alpha value is -3.40. The molecule has 1 aliphatic rings. The van der Waals surface area contributed by atoms with Crippen LogP contribution in [0.15, 0.2) is 77.7 Å². The smallest absolute Gasteiger partial charge is 0.269 e. The first kappa shape index (κ1) is 31.5. The molecule has 2 atom stereocenters. The third-order valence-electron chi connectivity index (χ3n) is 7.27. The lowest BCUT2D eigenvalue weighted by Crippen LogP contribution is -2.52. The third kappa shape index (κ3) is 7.14. The van der Waals surface area contributed by atoms with Gasteiger partial charge in [-0.25, -0.2) is 12.7 Å². The van der Waals surface area contributed by atoms with Crippen LogP contribution in [-0.2, 0) is 32.6 Å². The maximum absolute atomic E-state index is 13.9.